The van der Waals surface area contributed by atoms with E-state index < -0.39 is 0 Å². The minimum atomic E-state index is -0.270. The van der Waals surface area contributed by atoms with Gasteiger partial charge in [0.05, 0.1) is 13.0 Å². The van der Waals surface area contributed by atoms with Crippen LogP contribution in [0, 0.1) is 0 Å². The van der Waals surface area contributed by atoms with E-state index in [-0.39, 0.29) is 17.9 Å². The molecule has 114 valence electrons. The monoisotopic (exact) mass is 290 g/mol. The van der Waals surface area contributed by atoms with Crippen molar-refractivity contribution >= 4 is 11.9 Å². The summed E-state index contributed by atoms with van der Waals surface area (Å²) in [6.45, 7) is 3.98. The van der Waals surface area contributed by atoms with Gasteiger partial charge in [-0.25, -0.2) is 0 Å². The normalized spacial score (nSPS) is 17.0. The maximum absolute atomic E-state index is 11.7. The van der Waals surface area contributed by atoms with Crippen molar-refractivity contribution < 1.29 is 19.1 Å². The van der Waals surface area contributed by atoms with Crippen molar-refractivity contribution in [2.75, 3.05) is 6.61 Å². The third-order valence-electron chi connectivity index (χ3n) is 3.81. The van der Waals surface area contributed by atoms with Crippen molar-refractivity contribution in [3.05, 3.63) is 34.9 Å². The second kappa shape index (κ2) is 7.25. The Balaban J connectivity index is 2.09. The van der Waals surface area contributed by atoms with Crippen LogP contribution in [0.15, 0.2) is 18.2 Å². The Bertz CT molecular complexity index is 522. The van der Waals surface area contributed by atoms with Gasteiger partial charge in [-0.3, -0.25) is 9.59 Å². The van der Waals surface area contributed by atoms with Crippen LogP contribution in [0.4, 0.5) is 0 Å². The Kier molecular flexibility index (Phi) is 5.37. The zero-order valence-corrected chi connectivity index (χ0v) is 12.7. The Hall–Kier alpha value is -1.84. The maximum Gasteiger partial charge on any atom is 0.306 e. The largest absolute Gasteiger partial charge is 0.466 e. The molecule has 0 radical (unpaired) electrons. The lowest BCUT2D eigenvalue weighted by atomic mass is 9.80. The molecule has 2 rings (SSSR count). The van der Waals surface area contributed by atoms with Crippen LogP contribution in [0.1, 0.15) is 55.7 Å². The molecule has 0 spiro atoms. The van der Waals surface area contributed by atoms with Crippen molar-refractivity contribution in [2.24, 2.45) is 0 Å². The van der Waals surface area contributed by atoms with Crippen LogP contribution >= 0.6 is 0 Å². The van der Waals surface area contributed by atoms with Crippen LogP contribution in [0.5, 0.6) is 0 Å². The molecule has 0 bridgehead atoms. The molecule has 0 amide bonds. The van der Waals surface area contributed by atoms with Crippen molar-refractivity contribution in [3.63, 3.8) is 0 Å². The second-order valence-corrected chi connectivity index (χ2v) is 5.41. The number of hydrogen-bond donors (Lipinski definition) is 0. The fraction of sp³-hybridized carbons (Fsp3) is 0.529. The van der Waals surface area contributed by atoms with Gasteiger partial charge >= 0.3 is 11.9 Å². The summed E-state index contributed by atoms with van der Waals surface area (Å²) in [6.07, 6.45) is 3.57. The maximum atomic E-state index is 11.7. The molecule has 0 saturated carbocycles. The molecule has 0 N–H and O–H groups in total. The Labute approximate surface area is 125 Å². The summed E-state index contributed by atoms with van der Waals surface area (Å²) in [5.41, 5.74) is 3.50. The molecule has 21 heavy (non-hydrogen) atoms. The smallest absolute Gasteiger partial charge is 0.306 e. The lowest BCUT2D eigenvalue weighted by molar-refractivity contribution is -0.144. The van der Waals surface area contributed by atoms with Gasteiger partial charge in [-0.15, -0.1) is 0 Å². The molecule has 0 fully saturated rings. The summed E-state index contributed by atoms with van der Waals surface area (Å²) in [4.78, 5) is 22.6. The molecule has 1 aliphatic rings. The molecule has 4 nitrogen and oxygen atoms in total. The van der Waals surface area contributed by atoms with E-state index in [2.05, 4.69) is 12.1 Å². The third-order valence-corrected chi connectivity index (χ3v) is 3.81. The van der Waals surface area contributed by atoms with Gasteiger partial charge in [0.2, 0.25) is 0 Å². The highest BCUT2D eigenvalue weighted by atomic mass is 16.5. The lowest BCUT2D eigenvalue weighted by Gasteiger charge is -2.25. The summed E-state index contributed by atoms with van der Waals surface area (Å²) in [6, 6.07) is 6.14. The highest BCUT2D eigenvalue weighted by Gasteiger charge is 2.23. The number of rotatable bonds is 5. The van der Waals surface area contributed by atoms with Gasteiger partial charge in [0.1, 0.15) is 6.61 Å². The SMILES string of the molecule is CCOC(=O)CC1CCCc2cc(COC(C)=O)ccc21. The number of benzene rings is 1. The molecule has 1 aromatic rings. The van der Waals surface area contributed by atoms with Gasteiger partial charge < -0.3 is 9.47 Å². The summed E-state index contributed by atoms with van der Waals surface area (Å²) < 4.78 is 10.1. The lowest BCUT2D eigenvalue weighted by Crippen LogP contribution is -2.16. The molecule has 4 heteroatoms. The molecular formula is C17H22O4. The molecule has 1 unspecified atom stereocenters. The second-order valence-electron chi connectivity index (χ2n) is 5.41. The number of ether oxygens (including phenoxy) is 2. The van der Waals surface area contributed by atoms with E-state index in [4.69, 9.17) is 9.47 Å². The van der Waals surface area contributed by atoms with E-state index in [1.165, 1.54) is 18.1 Å². The number of esters is 2. The summed E-state index contributed by atoms with van der Waals surface area (Å²) in [5, 5.41) is 0. The van der Waals surface area contributed by atoms with Crippen LogP contribution in [-0.2, 0) is 32.1 Å². The van der Waals surface area contributed by atoms with Crippen molar-refractivity contribution in [3.8, 4) is 0 Å². The molecule has 0 aliphatic heterocycles. The van der Waals surface area contributed by atoms with E-state index in [9.17, 15) is 9.59 Å². The first-order valence-corrected chi connectivity index (χ1v) is 7.50. The average Bonchev–Trinajstić information content (AvgIpc) is 2.45. The first kappa shape index (κ1) is 15.5. The van der Waals surface area contributed by atoms with E-state index in [0.717, 1.165) is 24.8 Å². The molecule has 1 aromatic carbocycles. The zero-order valence-electron chi connectivity index (χ0n) is 12.7. The topological polar surface area (TPSA) is 52.6 Å². The quantitative estimate of drug-likeness (QED) is 0.782. The minimum Gasteiger partial charge on any atom is -0.466 e. The molecule has 0 aromatic heterocycles. The van der Waals surface area contributed by atoms with Gasteiger partial charge in [-0.05, 0) is 48.8 Å². The van der Waals surface area contributed by atoms with Crippen molar-refractivity contribution in [2.45, 2.75) is 52.1 Å². The third kappa shape index (κ3) is 4.31. The molecular weight excluding hydrogens is 268 g/mol. The van der Waals surface area contributed by atoms with Crippen molar-refractivity contribution in [1.82, 2.24) is 0 Å². The van der Waals surface area contributed by atoms with Crippen LogP contribution in [0.2, 0.25) is 0 Å². The minimum absolute atomic E-state index is 0.126. The van der Waals surface area contributed by atoms with Crippen LogP contribution < -0.4 is 0 Å². The van der Waals surface area contributed by atoms with Gasteiger partial charge in [0.15, 0.2) is 0 Å². The highest BCUT2D eigenvalue weighted by Crippen LogP contribution is 2.34. The summed E-state index contributed by atoms with van der Waals surface area (Å²) in [5.74, 6) is -0.150. The first-order chi connectivity index (χ1) is 10.1. The zero-order chi connectivity index (χ0) is 15.2. The van der Waals surface area contributed by atoms with Gasteiger partial charge in [0, 0.05) is 6.92 Å². The fourth-order valence-corrected chi connectivity index (χ4v) is 2.88. The molecule has 1 aliphatic carbocycles. The van der Waals surface area contributed by atoms with Gasteiger partial charge in [-0.1, -0.05) is 18.2 Å². The van der Waals surface area contributed by atoms with E-state index in [1.54, 1.807) is 0 Å². The average molecular weight is 290 g/mol. The van der Waals surface area contributed by atoms with E-state index in [0.29, 0.717) is 19.6 Å². The van der Waals surface area contributed by atoms with Crippen molar-refractivity contribution in [1.29, 1.82) is 0 Å². The summed E-state index contributed by atoms with van der Waals surface area (Å²) in [7, 11) is 0. The number of hydrogen-bond acceptors (Lipinski definition) is 4. The number of fused-ring (bicyclic) bond motifs is 1. The van der Waals surface area contributed by atoms with Crippen LogP contribution in [0.3, 0.4) is 0 Å². The van der Waals surface area contributed by atoms with Gasteiger partial charge in [-0.2, -0.15) is 0 Å². The summed E-state index contributed by atoms with van der Waals surface area (Å²) >= 11 is 0. The van der Waals surface area contributed by atoms with Gasteiger partial charge in [0.25, 0.3) is 0 Å². The molecule has 0 saturated heterocycles. The predicted octanol–water partition coefficient (Wildman–Crippen LogP) is 3.12. The Morgan fingerprint density at radius 1 is 1.29 bits per heavy atom. The van der Waals surface area contributed by atoms with Crippen LogP contribution in [0.25, 0.3) is 0 Å². The van der Waals surface area contributed by atoms with Crippen LogP contribution in [-0.4, -0.2) is 18.5 Å². The van der Waals surface area contributed by atoms with E-state index in [1.807, 2.05) is 13.0 Å². The predicted molar refractivity (Wildman–Crippen MR) is 78.8 cm³/mol. The number of carbonyl (C=O) groups is 2. The highest BCUT2D eigenvalue weighted by molar-refractivity contribution is 5.70. The first-order valence-electron chi connectivity index (χ1n) is 7.50. The standard InChI is InChI=1S/C17H22O4/c1-3-20-17(19)10-15-6-4-5-14-9-13(7-8-16(14)15)11-21-12(2)18/h7-9,15H,3-6,10-11H2,1-2H3. The Morgan fingerprint density at radius 2 is 2.10 bits per heavy atom. The van der Waals surface area contributed by atoms with E-state index >= 15 is 0 Å². The Morgan fingerprint density at radius 3 is 2.81 bits per heavy atom. The molecule has 0 heterocycles. The number of carbonyl (C=O) groups excluding carboxylic acids is 2. The fourth-order valence-electron chi connectivity index (χ4n) is 2.88. The number of aryl methyl sites for hydroxylation is 1. The molecule has 1 atom stereocenters.